The van der Waals surface area contributed by atoms with Crippen LogP contribution in [0.5, 0.6) is 0 Å². The Kier molecular flexibility index (Phi) is 14.2. The number of halogens is 4. The molecule has 2 N–H and O–H groups in total. The molecule has 1 aromatic heterocycles. The van der Waals surface area contributed by atoms with Crippen LogP contribution in [0.1, 0.15) is 49.7 Å². The number of nitrogens with zero attached hydrogens (tertiary/aromatic N) is 2. The first-order chi connectivity index (χ1) is 12.9. The van der Waals surface area contributed by atoms with Gasteiger partial charge in [0.05, 0.1) is 11.6 Å². The van der Waals surface area contributed by atoms with Crippen molar-refractivity contribution in [2.75, 3.05) is 26.7 Å². The number of guanidine groups is 1. The number of carbonyl (C=O) groups excluding carboxylic acids is 1. The first-order valence-electron chi connectivity index (χ1n) is 8.98. The molecule has 162 valence electrons. The summed E-state index contributed by atoms with van der Waals surface area (Å²) in [4.78, 5) is 18.9. The summed E-state index contributed by atoms with van der Waals surface area (Å²) in [5.41, 5.74) is -0.840. The van der Waals surface area contributed by atoms with Gasteiger partial charge in [0.25, 0.3) is 0 Å². The van der Waals surface area contributed by atoms with E-state index in [2.05, 4.69) is 20.6 Å². The van der Waals surface area contributed by atoms with E-state index in [1.165, 1.54) is 0 Å². The fourth-order valence-corrected chi connectivity index (χ4v) is 3.06. The van der Waals surface area contributed by atoms with Gasteiger partial charge in [-0.1, -0.05) is 12.8 Å². The number of alkyl halides is 3. The van der Waals surface area contributed by atoms with Crippen molar-refractivity contribution in [1.29, 1.82) is 0 Å². The molecular weight excluding hydrogens is 508 g/mol. The van der Waals surface area contributed by atoms with Gasteiger partial charge < -0.3 is 15.4 Å². The number of nitrogens with one attached hydrogen (secondary N) is 2. The molecule has 0 aromatic carbocycles. The van der Waals surface area contributed by atoms with Gasteiger partial charge in [0.15, 0.2) is 11.7 Å². The fourth-order valence-electron chi connectivity index (χ4n) is 2.25. The summed E-state index contributed by atoms with van der Waals surface area (Å²) in [6.07, 6.45) is 0.161. The Labute approximate surface area is 184 Å². The van der Waals surface area contributed by atoms with Crippen molar-refractivity contribution in [2.24, 2.45) is 4.99 Å². The predicted molar refractivity (Wildman–Crippen MR) is 115 cm³/mol. The normalized spacial score (nSPS) is 11.7. The SMILES string of the molecule is CCOC(=O)CCCCCCNC(=NC)NCCc1nc(C(F)(F)F)cs1.I. The zero-order chi connectivity index (χ0) is 20.1. The highest BCUT2D eigenvalue weighted by atomic mass is 127. The third-order valence-electron chi connectivity index (χ3n) is 3.60. The number of ether oxygens (including phenoxy) is 1. The van der Waals surface area contributed by atoms with E-state index in [9.17, 15) is 18.0 Å². The lowest BCUT2D eigenvalue weighted by Crippen LogP contribution is -2.38. The van der Waals surface area contributed by atoms with Crippen LogP contribution in [0.25, 0.3) is 0 Å². The van der Waals surface area contributed by atoms with Crippen molar-refractivity contribution in [3.8, 4) is 0 Å². The lowest BCUT2D eigenvalue weighted by atomic mass is 10.1. The molecule has 0 fully saturated rings. The number of thiazole rings is 1. The van der Waals surface area contributed by atoms with Gasteiger partial charge >= 0.3 is 12.1 Å². The summed E-state index contributed by atoms with van der Waals surface area (Å²) < 4.78 is 42.4. The number of carbonyl (C=O) groups is 1. The Balaban J connectivity index is 0.00000729. The molecule has 0 spiro atoms. The van der Waals surface area contributed by atoms with Gasteiger partial charge in [-0.25, -0.2) is 4.98 Å². The zero-order valence-electron chi connectivity index (χ0n) is 16.1. The first-order valence-corrected chi connectivity index (χ1v) is 9.86. The number of hydrogen-bond acceptors (Lipinski definition) is 5. The number of hydrogen-bond donors (Lipinski definition) is 2. The summed E-state index contributed by atoms with van der Waals surface area (Å²) in [6, 6.07) is 0. The Morgan fingerprint density at radius 3 is 2.50 bits per heavy atom. The second-order valence-electron chi connectivity index (χ2n) is 5.77. The van der Waals surface area contributed by atoms with E-state index >= 15 is 0 Å². The summed E-state index contributed by atoms with van der Waals surface area (Å²) in [5.74, 6) is 0.455. The van der Waals surface area contributed by atoms with Crippen molar-refractivity contribution < 1.29 is 22.7 Å². The molecule has 1 rings (SSSR count). The molecule has 0 radical (unpaired) electrons. The number of rotatable bonds is 11. The van der Waals surface area contributed by atoms with E-state index in [0.29, 0.717) is 37.0 Å². The van der Waals surface area contributed by atoms with Crippen LogP contribution in [0.2, 0.25) is 0 Å². The number of aliphatic imine (C=N–C) groups is 1. The van der Waals surface area contributed by atoms with Gasteiger partial charge in [0.2, 0.25) is 0 Å². The quantitative estimate of drug-likeness (QED) is 0.147. The van der Waals surface area contributed by atoms with Gasteiger partial charge in [-0.3, -0.25) is 9.79 Å². The number of aromatic nitrogens is 1. The molecule has 11 heteroatoms. The molecule has 0 saturated carbocycles. The van der Waals surface area contributed by atoms with E-state index in [4.69, 9.17) is 4.74 Å². The largest absolute Gasteiger partial charge is 0.466 e. The average Bonchev–Trinajstić information content (AvgIpc) is 3.09. The highest BCUT2D eigenvalue weighted by Crippen LogP contribution is 2.29. The number of esters is 1. The molecule has 0 amide bonds. The molecule has 0 saturated heterocycles. The predicted octanol–water partition coefficient (Wildman–Crippen LogP) is 4.00. The Hall–Kier alpha value is -1.11. The molecule has 0 atom stereocenters. The fraction of sp³-hybridized carbons (Fsp3) is 0.706. The van der Waals surface area contributed by atoms with E-state index in [-0.39, 0.29) is 29.9 Å². The maximum absolute atomic E-state index is 12.5. The summed E-state index contributed by atoms with van der Waals surface area (Å²) >= 11 is 1.01. The Bertz CT molecular complexity index is 597. The van der Waals surface area contributed by atoms with E-state index < -0.39 is 11.9 Å². The molecule has 6 nitrogen and oxygen atoms in total. The summed E-state index contributed by atoms with van der Waals surface area (Å²) in [6.45, 7) is 3.39. The van der Waals surface area contributed by atoms with Gasteiger partial charge in [-0.05, 0) is 19.8 Å². The topological polar surface area (TPSA) is 75.6 Å². The second-order valence-corrected chi connectivity index (χ2v) is 6.71. The third-order valence-corrected chi connectivity index (χ3v) is 4.51. The summed E-state index contributed by atoms with van der Waals surface area (Å²) in [7, 11) is 1.64. The van der Waals surface area contributed by atoms with Crippen LogP contribution in [-0.4, -0.2) is 43.7 Å². The lowest BCUT2D eigenvalue weighted by Gasteiger charge is -2.11. The van der Waals surface area contributed by atoms with Crippen LogP contribution in [0.3, 0.4) is 0 Å². The molecule has 1 heterocycles. The van der Waals surface area contributed by atoms with Gasteiger partial charge in [0, 0.05) is 38.4 Å². The minimum atomic E-state index is -4.39. The van der Waals surface area contributed by atoms with Gasteiger partial charge in [-0.15, -0.1) is 35.3 Å². The van der Waals surface area contributed by atoms with Crippen molar-refractivity contribution in [1.82, 2.24) is 15.6 Å². The summed E-state index contributed by atoms with van der Waals surface area (Å²) in [5, 5.41) is 7.68. The minimum absolute atomic E-state index is 0. The van der Waals surface area contributed by atoms with Gasteiger partial charge in [0.1, 0.15) is 0 Å². The smallest absolute Gasteiger partial charge is 0.434 e. The van der Waals surface area contributed by atoms with Crippen molar-refractivity contribution in [2.45, 2.75) is 51.6 Å². The van der Waals surface area contributed by atoms with E-state index in [0.717, 1.165) is 48.9 Å². The maximum atomic E-state index is 12.5. The second kappa shape index (κ2) is 14.8. The van der Waals surface area contributed by atoms with Gasteiger partial charge in [-0.2, -0.15) is 13.2 Å². The molecule has 0 aliphatic heterocycles. The van der Waals surface area contributed by atoms with Crippen LogP contribution >= 0.6 is 35.3 Å². The average molecular weight is 536 g/mol. The third kappa shape index (κ3) is 11.7. The monoisotopic (exact) mass is 536 g/mol. The van der Waals surface area contributed by atoms with Crippen molar-refractivity contribution >= 4 is 47.2 Å². The van der Waals surface area contributed by atoms with Crippen molar-refractivity contribution in [3.63, 3.8) is 0 Å². The molecule has 28 heavy (non-hydrogen) atoms. The molecule has 1 aromatic rings. The molecule has 0 aliphatic rings. The number of unbranched alkanes of at least 4 members (excludes halogenated alkanes) is 3. The van der Waals surface area contributed by atoms with Crippen LogP contribution in [-0.2, 0) is 22.1 Å². The minimum Gasteiger partial charge on any atom is -0.466 e. The van der Waals surface area contributed by atoms with Crippen LogP contribution in [0, 0.1) is 0 Å². The molecular formula is C17H28F3IN4O2S. The van der Waals surface area contributed by atoms with Crippen LogP contribution < -0.4 is 10.6 Å². The van der Waals surface area contributed by atoms with Crippen LogP contribution in [0.15, 0.2) is 10.4 Å². The van der Waals surface area contributed by atoms with E-state index in [1.54, 1.807) is 14.0 Å². The van der Waals surface area contributed by atoms with Crippen molar-refractivity contribution in [3.05, 3.63) is 16.1 Å². The van der Waals surface area contributed by atoms with E-state index in [1.807, 2.05) is 0 Å². The lowest BCUT2D eigenvalue weighted by molar-refractivity contribution is -0.143. The Morgan fingerprint density at radius 2 is 1.89 bits per heavy atom. The highest BCUT2D eigenvalue weighted by Gasteiger charge is 2.33. The Morgan fingerprint density at radius 1 is 1.21 bits per heavy atom. The maximum Gasteiger partial charge on any atom is 0.434 e. The molecule has 0 aliphatic carbocycles. The zero-order valence-corrected chi connectivity index (χ0v) is 19.2. The first kappa shape index (κ1) is 26.9. The molecule has 0 unspecified atom stereocenters. The highest BCUT2D eigenvalue weighted by molar-refractivity contribution is 14.0. The van der Waals surface area contributed by atoms with Crippen LogP contribution in [0.4, 0.5) is 13.2 Å². The standard InChI is InChI=1S/C17H27F3N4O2S.HI/c1-3-26-15(25)8-6-4-5-7-10-22-16(21-2)23-11-9-14-24-13(12-27-14)17(18,19)20;/h12H,3-11H2,1-2H3,(H2,21,22,23);1H. The molecule has 0 bridgehead atoms.